The van der Waals surface area contributed by atoms with E-state index in [1.165, 1.54) is 11.1 Å². The predicted octanol–water partition coefficient (Wildman–Crippen LogP) is 4.55. The van der Waals surface area contributed by atoms with Gasteiger partial charge in [-0.25, -0.2) is 0 Å². The summed E-state index contributed by atoms with van der Waals surface area (Å²) < 4.78 is 0. The summed E-state index contributed by atoms with van der Waals surface area (Å²) >= 11 is 5.94. The van der Waals surface area contributed by atoms with Gasteiger partial charge in [0, 0.05) is 44.0 Å². The average molecular weight is 354 g/mol. The molecule has 1 aliphatic heterocycles. The van der Waals surface area contributed by atoms with E-state index in [2.05, 4.69) is 64.4 Å². The number of halogens is 1. The maximum Gasteiger partial charge on any atom is 0.0499 e. The molecule has 2 aromatic rings. The van der Waals surface area contributed by atoms with E-state index in [-0.39, 0.29) is 0 Å². The molecule has 0 unspecified atom stereocenters. The number of piperazine rings is 1. The zero-order valence-corrected chi connectivity index (χ0v) is 15.4. The van der Waals surface area contributed by atoms with E-state index in [1.54, 1.807) is 0 Å². The summed E-state index contributed by atoms with van der Waals surface area (Å²) in [6, 6.07) is 18.5. The highest BCUT2D eigenvalue weighted by Gasteiger charge is 2.15. The highest BCUT2D eigenvalue weighted by atomic mass is 35.5. The summed E-state index contributed by atoms with van der Waals surface area (Å²) in [4.78, 5) is 2.46. The van der Waals surface area contributed by atoms with Crippen molar-refractivity contribution in [2.24, 2.45) is 5.10 Å². The molecule has 0 aromatic heterocycles. The van der Waals surface area contributed by atoms with Gasteiger partial charge in [-0.05, 0) is 35.8 Å². The van der Waals surface area contributed by atoms with Crippen LogP contribution in [-0.2, 0) is 6.54 Å². The first kappa shape index (κ1) is 17.7. The zero-order valence-electron chi connectivity index (χ0n) is 14.6. The van der Waals surface area contributed by atoms with E-state index < -0.39 is 0 Å². The van der Waals surface area contributed by atoms with Gasteiger partial charge in [0.15, 0.2) is 0 Å². The molecule has 0 radical (unpaired) electrons. The van der Waals surface area contributed by atoms with E-state index in [0.717, 1.165) is 43.3 Å². The third-order valence-corrected chi connectivity index (χ3v) is 4.54. The molecule has 3 nitrogen and oxygen atoms in total. The second-order valence-electron chi connectivity index (χ2n) is 6.40. The van der Waals surface area contributed by atoms with E-state index in [4.69, 9.17) is 11.6 Å². The molecule has 0 atom stereocenters. The Morgan fingerprint density at radius 3 is 2.36 bits per heavy atom. The number of rotatable bonds is 5. The minimum atomic E-state index is 0.793. The second-order valence-corrected chi connectivity index (χ2v) is 6.84. The van der Waals surface area contributed by atoms with Crippen molar-refractivity contribution in [2.45, 2.75) is 13.5 Å². The third-order valence-electron chi connectivity index (χ3n) is 4.29. The Bertz CT molecular complexity index is 715. The molecule has 130 valence electrons. The normalized spacial score (nSPS) is 16.6. The SMILES string of the molecule is CC(/C=N\N1CCN(Cc2ccc(Cl)cc2)CC1)=C\c1ccccc1. The molecule has 0 amide bonds. The largest absolute Gasteiger partial charge is 0.295 e. The lowest BCUT2D eigenvalue weighted by Gasteiger charge is -2.33. The maximum atomic E-state index is 5.94. The molecule has 0 bridgehead atoms. The monoisotopic (exact) mass is 353 g/mol. The van der Waals surface area contributed by atoms with E-state index in [9.17, 15) is 0 Å². The van der Waals surface area contributed by atoms with Gasteiger partial charge in [0.05, 0.1) is 0 Å². The Morgan fingerprint density at radius 1 is 1.00 bits per heavy atom. The molecule has 4 heteroatoms. The van der Waals surface area contributed by atoms with Crippen molar-refractivity contribution in [3.63, 3.8) is 0 Å². The molecule has 1 heterocycles. The molecule has 2 aromatic carbocycles. The van der Waals surface area contributed by atoms with Crippen molar-refractivity contribution in [1.29, 1.82) is 0 Å². The van der Waals surface area contributed by atoms with Crippen LogP contribution in [0.1, 0.15) is 18.1 Å². The third kappa shape index (κ3) is 5.73. The van der Waals surface area contributed by atoms with E-state index >= 15 is 0 Å². The summed E-state index contributed by atoms with van der Waals surface area (Å²) in [5.74, 6) is 0. The Kier molecular flexibility index (Phi) is 6.26. The Morgan fingerprint density at radius 2 is 1.68 bits per heavy atom. The van der Waals surface area contributed by atoms with Gasteiger partial charge in [-0.15, -0.1) is 0 Å². The molecule has 25 heavy (non-hydrogen) atoms. The van der Waals surface area contributed by atoms with Crippen molar-refractivity contribution in [2.75, 3.05) is 26.2 Å². The molecule has 1 aliphatic rings. The molecular formula is C21H24ClN3. The summed E-state index contributed by atoms with van der Waals surface area (Å²) in [7, 11) is 0. The number of benzene rings is 2. The first-order valence-corrected chi connectivity index (χ1v) is 9.06. The Labute approximate surface area is 155 Å². The fourth-order valence-corrected chi connectivity index (χ4v) is 3.01. The van der Waals surface area contributed by atoms with Gasteiger partial charge >= 0.3 is 0 Å². The number of hydrogen-bond acceptors (Lipinski definition) is 3. The van der Waals surface area contributed by atoms with Gasteiger partial charge in [0.1, 0.15) is 0 Å². The topological polar surface area (TPSA) is 18.8 Å². The van der Waals surface area contributed by atoms with Crippen LogP contribution in [0.25, 0.3) is 6.08 Å². The summed E-state index contributed by atoms with van der Waals surface area (Å²) in [6.07, 6.45) is 4.11. The van der Waals surface area contributed by atoms with Crippen LogP contribution in [0.2, 0.25) is 5.02 Å². The molecule has 1 fully saturated rings. The molecule has 3 rings (SSSR count). The fraction of sp³-hybridized carbons (Fsp3) is 0.286. The van der Waals surface area contributed by atoms with E-state index in [0.29, 0.717) is 0 Å². The standard InChI is InChI=1S/C21H24ClN3/c1-18(15-19-5-3-2-4-6-19)16-23-25-13-11-24(12-14-25)17-20-7-9-21(22)10-8-20/h2-10,15-16H,11-14,17H2,1H3/b18-15+,23-16-. The number of allylic oxidation sites excluding steroid dienone is 1. The molecular weight excluding hydrogens is 330 g/mol. The van der Waals surface area contributed by atoms with Crippen molar-refractivity contribution >= 4 is 23.9 Å². The van der Waals surface area contributed by atoms with Gasteiger partial charge < -0.3 is 0 Å². The quantitative estimate of drug-likeness (QED) is 0.734. The average Bonchev–Trinajstić information content (AvgIpc) is 2.64. The van der Waals surface area contributed by atoms with Crippen LogP contribution in [0.5, 0.6) is 0 Å². The van der Waals surface area contributed by atoms with E-state index in [1.807, 2.05) is 24.4 Å². The smallest absolute Gasteiger partial charge is 0.0499 e. The van der Waals surface area contributed by atoms with Gasteiger partial charge in [-0.3, -0.25) is 9.91 Å². The lowest BCUT2D eigenvalue weighted by molar-refractivity contribution is 0.131. The molecule has 0 spiro atoms. The van der Waals surface area contributed by atoms with Crippen LogP contribution >= 0.6 is 11.6 Å². The first-order valence-electron chi connectivity index (χ1n) is 8.68. The molecule has 1 saturated heterocycles. The lowest BCUT2D eigenvalue weighted by Crippen LogP contribution is -2.43. The minimum Gasteiger partial charge on any atom is -0.295 e. The fourth-order valence-electron chi connectivity index (χ4n) is 2.88. The Balaban J connectivity index is 1.47. The summed E-state index contributed by atoms with van der Waals surface area (Å²) in [6.45, 7) is 7.04. The van der Waals surface area contributed by atoms with Crippen molar-refractivity contribution < 1.29 is 0 Å². The second kappa shape index (κ2) is 8.84. The van der Waals surface area contributed by atoms with Crippen LogP contribution in [0, 0.1) is 0 Å². The van der Waals surface area contributed by atoms with Gasteiger partial charge in [0.25, 0.3) is 0 Å². The van der Waals surface area contributed by atoms with Crippen LogP contribution in [0.15, 0.2) is 65.3 Å². The number of hydrogen-bond donors (Lipinski definition) is 0. The number of hydrazone groups is 1. The summed E-state index contributed by atoms with van der Waals surface area (Å²) in [5.41, 5.74) is 3.68. The molecule has 0 N–H and O–H groups in total. The highest BCUT2D eigenvalue weighted by molar-refractivity contribution is 6.30. The van der Waals surface area contributed by atoms with Gasteiger partial charge in [0.2, 0.25) is 0 Å². The molecule has 0 aliphatic carbocycles. The van der Waals surface area contributed by atoms with Crippen molar-refractivity contribution in [1.82, 2.24) is 9.91 Å². The van der Waals surface area contributed by atoms with Crippen molar-refractivity contribution in [3.05, 3.63) is 76.3 Å². The first-order chi connectivity index (χ1) is 12.2. The lowest BCUT2D eigenvalue weighted by atomic mass is 10.1. The predicted molar refractivity (Wildman–Crippen MR) is 107 cm³/mol. The maximum absolute atomic E-state index is 5.94. The Hall–Kier alpha value is -2.10. The van der Waals surface area contributed by atoms with Gasteiger partial charge in [-0.2, -0.15) is 5.10 Å². The van der Waals surface area contributed by atoms with Gasteiger partial charge in [-0.1, -0.05) is 60.1 Å². The number of nitrogens with zero attached hydrogens (tertiary/aromatic N) is 3. The minimum absolute atomic E-state index is 0.793. The van der Waals surface area contributed by atoms with Crippen molar-refractivity contribution in [3.8, 4) is 0 Å². The van der Waals surface area contributed by atoms with Crippen LogP contribution in [-0.4, -0.2) is 42.3 Å². The van der Waals surface area contributed by atoms with Crippen LogP contribution in [0.4, 0.5) is 0 Å². The zero-order chi connectivity index (χ0) is 17.5. The summed E-state index contributed by atoms with van der Waals surface area (Å²) in [5, 5.41) is 7.58. The molecule has 0 saturated carbocycles. The van der Waals surface area contributed by atoms with Crippen LogP contribution in [0.3, 0.4) is 0 Å². The highest BCUT2D eigenvalue weighted by Crippen LogP contribution is 2.13. The van der Waals surface area contributed by atoms with Crippen LogP contribution < -0.4 is 0 Å².